The van der Waals surface area contributed by atoms with Gasteiger partial charge in [-0.2, -0.15) is 0 Å². The summed E-state index contributed by atoms with van der Waals surface area (Å²) in [6.45, 7) is 4.12. The van der Waals surface area contributed by atoms with Crippen molar-refractivity contribution in [3.63, 3.8) is 0 Å². The van der Waals surface area contributed by atoms with E-state index >= 15 is 0 Å². The Morgan fingerprint density at radius 3 is 2.50 bits per heavy atom. The second-order valence-corrected chi connectivity index (χ2v) is 5.69. The van der Waals surface area contributed by atoms with Crippen LogP contribution in [0.4, 0.5) is 4.39 Å². The Bertz CT molecular complexity index is 714. The average Bonchev–Trinajstić information content (AvgIpc) is 2.56. The molecule has 0 aliphatic heterocycles. The summed E-state index contributed by atoms with van der Waals surface area (Å²) >= 11 is 0. The van der Waals surface area contributed by atoms with E-state index in [9.17, 15) is 14.0 Å². The number of rotatable bonds is 6. The van der Waals surface area contributed by atoms with Crippen LogP contribution in [0.15, 0.2) is 42.6 Å². The lowest BCUT2D eigenvalue weighted by atomic mass is 10.1. The van der Waals surface area contributed by atoms with Crippen molar-refractivity contribution >= 4 is 11.8 Å². The number of carbonyl (C=O) groups is 2. The summed E-state index contributed by atoms with van der Waals surface area (Å²) in [5.41, 5.74) is 1.50. The van der Waals surface area contributed by atoms with Gasteiger partial charge >= 0.3 is 0 Å². The highest BCUT2D eigenvalue weighted by molar-refractivity contribution is 5.98. The largest absolute Gasteiger partial charge is 0.350 e. The van der Waals surface area contributed by atoms with Gasteiger partial charge in [0, 0.05) is 24.3 Å². The number of nitrogens with zero attached hydrogens (tertiary/aromatic N) is 1. The van der Waals surface area contributed by atoms with Crippen molar-refractivity contribution in [3.8, 4) is 0 Å². The van der Waals surface area contributed by atoms with Gasteiger partial charge in [-0.25, -0.2) is 4.39 Å². The molecule has 0 spiro atoms. The Kier molecular flexibility index (Phi) is 6.01. The molecule has 0 aliphatic carbocycles. The van der Waals surface area contributed by atoms with Crippen molar-refractivity contribution < 1.29 is 14.0 Å². The molecule has 2 aromatic rings. The van der Waals surface area contributed by atoms with Crippen LogP contribution in [0, 0.1) is 5.82 Å². The summed E-state index contributed by atoms with van der Waals surface area (Å²) in [6, 6.07) is 9.16. The van der Waals surface area contributed by atoms with E-state index in [1.54, 1.807) is 18.2 Å². The van der Waals surface area contributed by atoms with E-state index in [2.05, 4.69) is 15.6 Å². The van der Waals surface area contributed by atoms with Gasteiger partial charge in [-0.3, -0.25) is 14.6 Å². The van der Waals surface area contributed by atoms with Crippen LogP contribution in [0.1, 0.15) is 40.3 Å². The fourth-order valence-electron chi connectivity index (χ4n) is 2.10. The Hall–Kier alpha value is -2.76. The van der Waals surface area contributed by atoms with Gasteiger partial charge < -0.3 is 10.6 Å². The summed E-state index contributed by atoms with van der Waals surface area (Å²) in [5, 5.41) is 5.51. The predicted molar refractivity (Wildman–Crippen MR) is 89.3 cm³/mol. The number of aromatic nitrogens is 1. The SMILES string of the molecule is CC(C)NC(=O)c1ccnc(C(=O)NCCc2ccc(F)cc2)c1. The third-order valence-corrected chi connectivity index (χ3v) is 3.29. The Morgan fingerprint density at radius 2 is 1.83 bits per heavy atom. The number of hydrogen-bond donors (Lipinski definition) is 2. The minimum Gasteiger partial charge on any atom is -0.350 e. The van der Waals surface area contributed by atoms with E-state index in [0.717, 1.165) is 5.56 Å². The highest BCUT2D eigenvalue weighted by atomic mass is 19.1. The third-order valence-electron chi connectivity index (χ3n) is 3.29. The summed E-state index contributed by atoms with van der Waals surface area (Å²) in [4.78, 5) is 28.1. The highest BCUT2D eigenvalue weighted by Crippen LogP contribution is 2.05. The number of hydrogen-bond acceptors (Lipinski definition) is 3. The van der Waals surface area contributed by atoms with Crippen LogP contribution in [0.5, 0.6) is 0 Å². The van der Waals surface area contributed by atoms with Crippen molar-refractivity contribution in [2.75, 3.05) is 6.54 Å². The molecule has 1 aromatic heterocycles. The molecule has 2 amide bonds. The molecule has 1 aromatic carbocycles. The van der Waals surface area contributed by atoms with E-state index in [4.69, 9.17) is 0 Å². The van der Waals surface area contributed by atoms with Gasteiger partial charge in [0.15, 0.2) is 0 Å². The second kappa shape index (κ2) is 8.19. The molecule has 5 nitrogen and oxygen atoms in total. The van der Waals surface area contributed by atoms with Gasteiger partial charge in [0.2, 0.25) is 0 Å². The Morgan fingerprint density at radius 1 is 1.12 bits per heavy atom. The minimum atomic E-state index is -0.351. The van der Waals surface area contributed by atoms with Crippen LogP contribution < -0.4 is 10.6 Å². The quantitative estimate of drug-likeness (QED) is 0.854. The van der Waals surface area contributed by atoms with Crippen molar-refractivity contribution in [2.45, 2.75) is 26.3 Å². The zero-order valence-corrected chi connectivity index (χ0v) is 13.7. The smallest absolute Gasteiger partial charge is 0.269 e. The van der Waals surface area contributed by atoms with Gasteiger partial charge in [0.25, 0.3) is 11.8 Å². The molecule has 0 atom stereocenters. The number of carbonyl (C=O) groups excluding carboxylic acids is 2. The lowest BCUT2D eigenvalue weighted by Gasteiger charge is -2.09. The normalized spacial score (nSPS) is 10.5. The zero-order valence-electron chi connectivity index (χ0n) is 13.7. The monoisotopic (exact) mass is 329 g/mol. The maximum absolute atomic E-state index is 12.8. The maximum atomic E-state index is 12.8. The second-order valence-electron chi connectivity index (χ2n) is 5.69. The molecule has 0 saturated heterocycles. The minimum absolute atomic E-state index is 0.0126. The summed E-state index contributed by atoms with van der Waals surface area (Å²) in [6.07, 6.45) is 2.02. The van der Waals surface area contributed by atoms with E-state index in [0.29, 0.717) is 18.5 Å². The number of benzene rings is 1. The van der Waals surface area contributed by atoms with Crippen LogP contribution in [-0.2, 0) is 6.42 Å². The van der Waals surface area contributed by atoms with Gasteiger partial charge in [0.1, 0.15) is 11.5 Å². The molecule has 1 heterocycles. The predicted octanol–water partition coefficient (Wildman–Crippen LogP) is 2.33. The fourth-order valence-corrected chi connectivity index (χ4v) is 2.10. The van der Waals surface area contributed by atoms with Gasteiger partial charge in [-0.1, -0.05) is 12.1 Å². The number of halogens is 1. The molecule has 126 valence electrons. The first-order valence-electron chi connectivity index (χ1n) is 7.75. The lowest BCUT2D eigenvalue weighted by Crippen LogP contribution is -2.31. The van der Waals surface area contributed by atoms with Crippen LogP contribution in [0.2, 0.25) is 0 Å². The van der Waals surface area contributed by atoms with Gasteiger partial charge in [-0.05, 0) is 50.1 Å². The number of nitrogens with one attached hydrogen (secondary N) is 2. The van der Waals surface area contributed by atoms with Crippen LogP contribution >= 0.6 is 0 Å². The molecule has 2 N–H and O–H groups in total. The molecular formula is C18H20FN3O2. The molecule has 0 radical (unpaired) electrons. The number of pyridine rings is 1. The molecular weight excluding hydrogens is 309 g/mol. The number of amides is 2. The maximum Gasteiger partial charge on any atom is 0.269 e. The zero-order chi connectivity index (χ0) is 17.5. The fraction of sp³-hybridized carbons (Fsp3) is 0.278. The molecule has 2 rings (SSSR count). The molecule has 24 heavy (non-hydrogen) atoms. The highest BCUT2D eigenvalue weighted by Gasteiger charge is 2.12. The first-order valence-corrected chi connectivity index (χ1v) is 7.75. The van der Waals surface area contributed by atoms with Crippen molar-refractivity contribution in [3.05, 3.63) is 65.2 Å². The van der Waals surface area contributed by atoms with E-state index in [1.807, 2.05) is 13.8 Å². The van der Waals surface area contributed by atoms with Crippen LogP contribution in [0.25, 0.3) is 0 Å². The molecule has 0 aliphatic rings. The molecule has 0 fully saturated rings. The molecule has 0 saturated carbocycles. The summed E-state index contributed by atoms with van der Waals surface area (Å²) in [7, 11) is 0. The van der Waals surface area contributed by atoms with E-state index in [1.165, 1.54) is 24.4 Å². The Labute approximate surface area is 140 Å². The third kappa shape index (κ3) is 5.15. The van der Waals surface area contributed by atoms with Crippen molar-refractivity contribution in [2.24, 2.45) is 0 Å². The van der Waals surface area contributed by atoms with E-state index in [-0.39, 0.29) is 29.4 Å². The van der Waals surface area contributed by atoms with Gasteiger partial charge in [0.05, 0.1) is 0 Å². The molecule has 0 bridgehead atoms. The topological polar surface area (TPSA) is 71.1 Å². The standard InChI is InChI=1S/C18H20FN3O2/c1-12(2)22-17(23)14-8-10-20-16(11-14)18(24)21-9-7-13-3-5-15(19)6-4-13/h3-6,8,10-12H,7,9H2,1-2H3,(H,21,24)(H,22,23). The lowest BCUT2D eigenvalue weighted by molar-refractivity contribution is 0.0943. The molecule has 6 heteroatoms. The van der Waals surface area contributed by atoms with Gasteiger partial charge in [-0.15, -0.1) is 0 Å². The summed E-state index contributed by atoms with van der Waals surface area (Å²) in [5.74, 6) is -0.882. The van der Waals surface area contributed by atoms with Crippen molar-refractivity contribution in [1.29, 1.82) is 0 Å². The molecule has 0 unspecified atom stereocenters. The Balaban J connectivity index is 1.92. The average molecular weight is 329 g/mol. The van der Waals surface area contributed by atoms with Crippen molar-refractivity contribution in [1.82, 2.24) is 15.6 Å². The van der Waals surface area contributed by atoms with Crippen LogP contribution in [-0.4, -0.2) is 29.4 Å². The van der Waals surface area contributed by atoms with Crippen LogP contribution in [0.3, 0.4) is 0 Å². The first kappa shape index (κ1) is 17.6. The summed E-state index contributed by atoms with van der Waals surface area (Å²) < 4.78 is 12.8. The van der Waals surface area contributed by atoms with E-state index < -0.39 is 0 Å². The first-order chi connectivity index (χ1) is 11.5.